The summed E-state index contributed by atoms with van der Waals surface area (Å²) in [7, 11) is -3.35. The molecule has 0 spiro atoms. The van der Waals surface area contributed by atoms with Gasteiger partial charge in [0.15, 0.2) is 0 Å². The number of hydrogen-bond donors (Lipinski definition) is 1. The first-order chi connectivity index (χ1) is 9.13. The number of piperidine rings is 1. The molecule has 104 valence electrons. The zero-order chi connectivity index (χ0) is 13.5. The number of hydrogen-bond acceptors (Lipinski definition) is 3. The second-order valence-corrected chi connectivity index (χ2v) is 7.29. The van der Waals surface area contributed by atoms with Gasteiger partial charge in [0.2, 0.25) is 10.0 Å². The van der Waals surface area contributed by atoms with Crippen molar-refractivity contribution < 1.29 is 8.42 Å². The topological polar surface area (TPSA) is 49.4 Å². The highest BCUT2D eigenvalue weighted by Crippen LogP contribution is 2.41. The Hall–Kier alpha value is -1.07. The van der Waals surface area contributed by atoms with E-state index in [0.29, 0.717) is 23.0 Å². The highest BCUT2D eigenvalue weighted by Gasteiger charge is 2.44. The van der Waals surface area contributed by atoms with Gasteiger partial charge in [-0.25, -0.2) is 8.42 Å². The van der Waals surface area contributed by atoms with Gasteiger partial charge in [0.05, 0.1) is 5.69 Å². The van der Waals surface area contributed by atoms with Gasteiger partial charge in [0, 0.05) is 19.1 Å². The van der Waals surface area contributed by atoms with E-state index in [-0.39, 0.29) is 6.04 Å². The number of nitrogens with zero attached hydrogens (tertiary/aromatic N) is 1. The van der Waals surface area contributed by atoms with E-state index in [1.165, 1.54) is 6.42 Å². The molecule has 2 aliphatic rings. The van der Waals surface area contributed by atoms with Crippen LogP contribution in [0.25, 0.3) is 0 Å². The molecule has 1 N–H and O–H groups in total. The molecule has 1 aliphatic carbocycles. The monoisotopic (exact) mass is 280 g/mol. The second-order valence-electron chi connectivity index (χ2n) is 5.43. The molecule has 1 heterocycles. The lowest BCUT2D eigenvalue weighted by Gasteiger charge is -2.27. The molecular formula is C14H20N2O2S. The summed E-state index contributed by atoms with van der Waals surface area (Å²) in [5, 5.41) is 3.14. The Balaban J connectivity index is 1.96. The zero-order valence-electron chi connectivity index (χ0n) is 11.2. The second kappa shape index (κ2) is 4.80. The molecule has 19 heavy (non-hydrogen) atoms. The Labute approximate surface area is 114 Å². The van der Waals surface area contributed by atoms with Crippen LogP contribution in [-0.2, 0) is 10.0 Å². The lowest BCUT2D eigenvalue weighted by atomic mass is 10.1. The average Bonchev–Trinajstić information content (AvgIpc) is 3.02. The third kappa shape index (κ3) is 2.15. The van der Waals surface area contributed by atoms with Crippen molar-refractivity contribution in [2.24, 2.45) is 5.92 Å². The molecule has 2 bridgehead atoms. The highest BCUT2D eigenvalue weighted by atomic mass is 32.2. The molecule has 2 fully saturated rings. The number of benzene rings is 1. The van der Waals surface area contributed by atoms with Crippen molar-refractivity contribution in [3.63, 3.8) is 0 Å². The van der Waals surface area contributed by atoms with E-state index >= 15 is 0 Å². The molecule has 1 aliphatic heterocycles. The van der Waals surface area contributed by atoms with Crippen molar-refractivity contribution in [1.29, 1.82) is 0 Å². The molecule has 0 amide bonds. The number of anilines is 1. The van der Waals surface area contributed by atoms with Gasteiger partial charge in [0.25, 0.3) is 0 Å². The maximum absolute atomic E-state index is 12.8. The summed E-state index contributed by atoms with van der Waals surface area (Å²) >= 11 is 0. The van der Waals surface area contributed by atoms with Crippen molar-refractivity contribution in [3.05, 3.63) is 24.3 Å². The van der Waals surface area contributed by atoms with Gasteiger partial charge in [-0.05, 0) is 44.2 Å². The maximum Gasteiger partial charge on any atom is 0.245 e. The van der Waals surface area contributed by atoms with E-state index in [4.69, 9.17) is 0 Å². The fourth-order valence-electron chi connectivity index (χ4n) is 3.33. The third-order valence-electron chi connectivity index (χ3n) is 4.20. The van der Waals surface area contributed by atoms with Gasteiger partial charge < -0.3 is 5.32 Å². The molecule has 4 nitrogen and oxygen atoms in total. The lowest BCUT2D eigenvalue weighted by Crippen LogP contribution is -2.37. The standard InChI is InChI=1S/C14H20N2O2S/c1-2-15-13-5-3-4-6-14(13)19(17,18)16-10-11-7-8-12(16)9-11/h3-6,11-12,15H,2,7-10H2,1H3. The SMILES string of the molecule is CCNc1ccccc1S(=O)(=O)N1CC2CCC1C2. The van der Waals surface area contributed by atoms with Crippen LogP contribution in [-0.4, -0.2) is 31.9 Å². The Morgan fingerprint density at radius 1 is 1.32 bits per heavy atom. The van der Waals surface area contributed by atoms with E-state index in [1.54, 1.807) is 16.4 Å². The lowest BCUT2D eigenvalue weighted by molar-refractivity contribution is 0.333. The summed E-state index contributed by atoms with van der Waals surface area (Å²) in [4.78, 5) is 0.421. The quantitative estimate of drug-likeness (QED) is 0.920. The number of nitrogens with one attached hydrogen (secondary N) is 1. The fourth-order valence-corrected chi connectivity index (χ4v) is 5.24. The van der Waals surface area contributed by atoms with E-state index in [2.05, 4.69) is 5.32 Å². The van der Waals surface area contributed by atoms with Gasteiger partial charge in [-0.3, -0.25) is 0 Å². The van der Waals surface area contributed by atoms with E-state index in [1.807, 2.05) is 19.1 Å². The predicted octanol–water partition coefficient (Wildman–Crippen LogP) is 2.29. The van der Waals surface area contributed by atoms with E-state index < -0.39 is 10.0 Å². The summed E-state index contributed by atoms with van der Waals surface area (Å²) in [5.41, 5.74) is 0.716. The number of fused-ring (bicyclic) bond motifs is 2. The summed E-state index contributed by atoms with van der Waals surface area (Å²) < 4.78 is 27.3. The van der Waals surface area contributed by atoms with Crippen molar-refractivity contribution in [3.8, 4) is 0 Å². The van der Waals surface area contributed by atoms with Gasteiger partial charge in [-0.15, -0.1) is 0 Å². The molecule has 2 atom stereocenters. The van der Waals surface area contributed by atoms with Crippen LogP contribution in [0.15, 0.2) is 29.2 Å². The minimum atomic E-state index is -3.35. The summed E-state index contributed by atoms with van der Waals surface area (Å²) in [6, 6.07) is 7.43. The minimum absolute atomic E-state index is 0.227. The first-order valence-electron chi connectivity index (χ1n) is 6.97. The molecule has 0 radical (unpaired) electrons. The fraction of sp³-hybridized carbons (Fsp3) is 0.571. The molecular weight excluding hydrogens is 260 g/mol. The molecule has 1 saturated carbocycles. The van der Waals surface area contributed by atoms with Crippen molar-refractivity contribution in [2.45, 2.75) is 37.1 Å². The van der Waals surface area contributed by atoms with Crippen LogP contribution in [0.5, 0.6) is 0 Å². The van der Waals surface area contributed by atoms with Gasteiger partial charge in [-0.1, -0.05) is 12.1 Å². The number of sulfonamides is 1. The van der Waals surface area contributed by atoms with Crippen LogP contribution in [0.3, 0.4) is 0 Å². The maximum atomic E-state index is 12.8. The van der Waals surface area contributed by atoms with Crippen molar-refractivity contribution in [1.82, 2.24) is 4.31 Å². The highest BCUT2D eigenvalue weighted by molar-refractivity contribution is 7.89. The van der Waals surface area contributed by atoms with Gasteiger partial charge in [0.1, 0.15) is 4.90 Å². The Bertz CT molecular complexity index is 571. The largest absolute Gasteiger partial charge is 0.384 e. The predicted molar refractivity (Wildman–Crippen MR) is 75.6 cm³/mol. The van der Waals surface area contributed by atoms with Gasteiger partial charge in [-0.2, -0.15) is 4.31 Å². The van der Waals surface area contributed by atoms with Crippen LogP contribution >= 0.6 is 0 Å². The van der Waals surface area contributed by atoms with Gasteiger partial charge >= 0.3 is 0 Å². The van der Waals surface area contributed by atoms with Crippen LogP contribution in [0, 0.1) is 5.92 Å². The average molecular weight is 280 g/mol. The molecule has 1 aromatic rings. The normalized spacial score (nSPS) is 26.8. The number of rotatable bonds is 4. The summed E-state index contributed by atoms with van der Waals surface area (Å²) in [5.74, 6) is 0.575. The Kier molecular flexibility index (Phi) is 3.27. The minimum Gasteiger partial charge on any atom is -0.384 e. The van der Waals surface area contributed by atoms with E-state index in [0.717, 1.165) is 19.4 Å². The van der Waals surface area contributed by atoms with Crippen molar-refractivity contribution in [2.75, 3.05) is 18.4 Å². The molecule has 1 saturated heterocycles. The van der Waals surface area contributed by atoms with Crippen molar-refractivity contribution >= 4 is 15.7 Å². The Morgan fingerprint density at radius 2 is 2.11 bits per heavy atom. The molecule has 3 rings (SSSR count). The van der Waals surface area contributed by atoms with Crippen LogP contribution in [0.1, 0.15) is 26.2 Å². The Morgan fingerprint density at radius 3 is 2.74 bits per heavy atom. The smallest absolute Gasteiger partial charge is 0.245 e. The first-order valence-corrected chi connectivity index (χ1v) is 8.41. The molecule has 5 heteroatoms. The number of para-hydroxylation sites is 1. The van der Waals surface area contributed by atoms with Crippen LogP contribution < -0.4 is 5.32 Å². The molecule has 1 aromatic carbocycles. The van der Waals surface area contributed by atoms with Crippen LogP contribution in [0.4, 0.5) is 5.69 Å². The third-order valence-corrected chi connectivity index (χ3v) is 6.18. The molecule has 0 aromatic heterocycles. The summed E-state index contributed by atoms with van der Waals surface area (Å²) in [6.07, 6.45) is 3.25. The van der Waals surface area contributed by atoms with E-state index in [9.17, 15) is 8.42 Å². The molecule has 2 unspecified atom stereocenters. The zero-order valence-corrected chi connectivity index (χ0v) is 12.0. The first kappa shape index (κ1) is 12.9. The van der Waals surface area contributed by atoms with Crippen LogP contribution in [0.2, 0.25) is 0 Å². The summed E-state index contributed by atoms with van der Waals surface area (Å²) in [6.45, 7) is 3.40.